The van der Waals surface area contributed by atoms with E-state index in [1.165, 1.54) is 11.1 Å². The van der Waals surface area contributed by atoms with Gasteiger partial charge >= 0.3 is 0 Å². The minimum atomic E-state index is -0.0778. The second kappa shape index (κ2) is 6.92. The Labute approximate surface area is 135 Å². The Hall–Kier alpha value is -2.88. The topological polar surface area (TPSA) is 46.9 Å². The van der Waals surface area contributed by atoms with Gasteiger partial charge in [-0.15, -0.1) is 0 Å². The molecule has 4 nitrogen and oxygen atoms in total. The van der Waals surface area contributed by atoms with Crippen molar-refractivity contribution in [2.24, 2.45) is 0 Å². The molecule has 23 heavy (non-hydrogen) atoms. The number of hydrogen-bond acceptors (Lipinski definition) is 2. The summed E-state index contributed by atoms with van der Waals surface area (Å²) in [5.41, 5.74) is 3.95. The van der Waals surface area contributed by atoms with E-state index in [1.807, 2.05) is 35.0 Å². The minimum absolute atomic E-state index is 0.0778. The monoisotopic (exact) mass is 305 g/mol. The van der Waals surface area contributed by atoms with Crippen LogP contribution in [0.3, 0.4) is 0 Å². The fourth-order valence-corrected chi connectivity index (χ4v) is 2.45. The van der Waals surface area contributed by atoms with Crippen LogP contribution in [0, 0.1) is 6.92 Å². The zero-order valence-corrected chi connectivity index (χ0v) is 13.1. The zero-order valence-electron chi connectivity index (χ0n) is 13.1. The number of pyridine rings is 1. The summed E-state index contributed by atoms with van der Waals surface area (Å²) < 4.78 is 1.84. The number of nitrogens with zero attached hydrogens (tertiary/aromatic N) is 2. The lowest BCUT2D eigenvalue weighted by Gasteiger charge is -2.09. The first-order valence-electron chi connectivity index (χ1n) is 7.65. The molecule has 0 saturated carbocycles. The average molecular weight is 305 g/mol. The SMILES string of the molecule is Cc1ccc(CCNC(=O)c2cccn2-c2cccnc2)cc1. The van der Waals surface area contributed by atoms with Crippen molar-refractivity contribution in [1.29, 1.82) is 0 Å². The van der Waals surface area contributed by atoms with Gasteiger partial charge in [0.05, 0.1) is 11.9 Å². The minimum Gasteiger partial charge on any atom is -0.350 e. The predicted molar refractivity (Wildman–Crippen MR) is 90.8 cm³/mol. The average Bonchev–Trinajstić information content (AvgIpc) is 3.07. The van der Waals surface area contributed by atoms with Crippen molar-refractivity contribution in [1.82, 2.24) is 14.9 Å². The number of nitrogens with one attached hydrogen (secondary N) is 1. The first kappa shape index (κ1) is 15.0. The molecule has 1 N–H and O–H groups in total. The lowest BCUT2D eigenvalue weighted by atomic mass is 10.1. The van der Waals surface area contributed by atoms with Gasteiger partial charge in [-0.2, -0.15) is 0 Å². The van der Waals surface area contributed by atoms with E-state index < -0.39 is 0 Å². The first-order chi connectivity index (χ1) is 11.2. The number of benzene rings is 1. The molecule has 0 bridgehead atoms. The summed E-state index contributed by atoms with van der Waals surface area (Å²) in [5, 5.41) is 2.98. The van der Waals surface area contributed by atoms with Crippen LogP contribution in [0.5, 0.6) is 0 Å². The van der Waals surface area contributed by atoms with Crippen molar-refractivity contribution in [2.75, 3.05) is 6.54 Å². The van der Waals surface area contributed by atoms with Crippen LogP contribution in [0.25, 0.3) is 5.69 Å². The van der Waals surface area contributed by atoms with Gasteiger partial charge in [0.2, 0.25) is 0 Å². The number of carbonyl (C=O) groups excluding carboxylic acids is 1. The third-order valence-electron chi connectivity index (χ3n) is 3.73. The van der Waals surface area contributed by atoms with E-state index in [9.17, 15) is 4.79 Å². The van der Waals surface area contributed by atoms with E-state index in [0.717, 1.165) is 12.1 Å². The summed E-state index contributed by atoms with van der Waals surface area (Å²) in [6.07, 6.45) is 6.14. The molecule has 0 unspecified atom stereocenters. The number of aromatic nitrogens is 2. The second-order valence-corrected chi connectivity index (χ2v) is 5.47. The lowest BCUT2D eigenvalue weighted by molar-refractivity contribution is 0.0947. The largest absolute Gasteiger partial charge is 0.350 e. The summed E-state index contributed by atoms with van der Waals surface area (Å²) in [6.45, 7) is 2.68. The highest BCUT2D eigenvalue weighted by atomic mass is 16.1. The van der Waals surface area contributed by atoms with Crippen LogP contribution in [-0.2, 0) is 6.42 Å². The molecule has 2 aromatic heterocycles. The molecule has 1 amide bonds. The molecule has 0 spiro atoms. The fourth-order valence-electron chi connectivity index (χ4n) is 2.45. The van der Waals surface area contributed by atoms with Gasteiger partial charge in [0, 0.05) is 18.9 Å². The van der Waals surface area contributed by atoms with Crippen molar-refractivity contribution < 1.29 is 4.79 Å². The highest BCUT2D eigenvalue weighted by molar-refractivity contribution is 5.93. The molecule has 0 aliphatic heterocycles. The smallest absolute Gasteiger partial charge is 0.268 e. The van der Waals surface area contributed by atoms with Crippen LogP contribution in [0.4, 0.5) is 0 Å². The van der Waals surface area contributed by atoms with Crippen molar-refractivity contribution in [3.05, 3.63) is 83.9 Å². The van der Waals surface area contributed by atoms with E-state index in [2.05, 4.69) is 41.5 Å². The Morgan fingerprint density at radius 2 is 1.96 bits per heavy atom. The third-order valence-corrected chi connectivity index (χ3v) is 3.73. The molecule has 2 heterocycles. The van der Waals surface area contributed by atoms with Crippen LogP contribution >= 0.6 is 0 Å². The standard InChI is InChI=1S/C19H19N3O/c1-15-6-8-16(9-7-15)10-12-21-19(23)18-5-3-13-22(18)17-4-2-11-20-14-17/h2-9,11,13-14H,10,12H2,1H3,(H,21,23). The summed E-state index contributed by atoms with van der Waals surface area (Å²) in [5.74, 6) is -0.0778. The van der Waals surface area contributed by atoms with Crippen LogP contribution in [0.2, 0.25) is 0 Å². The van der Waals surface area contributed by atoms with E-state index in [4.69, 9.17) is 0 Å². The van der Waals surface area contributed by atoms with Crippen molar-refractivity contribution >= 4 is 5.91 Å². The van der Waals surface area contributed by atoms with Crippen LogP contribution in [0.15, 0.2) is 67.1 Å². The quantitative estimate of drug-likeness (QED) is 0.787. The molecule has 3 rings (SSSR count). The number of hydrogen-bond donors (Lipinski definition) is 1. The van der Waals surface area contributed by atoms with Crippen molar-refractivity contribution in [3.8, 4) is 5.69 Å². The van der Waals surface area contributed by atoms with Gasteiger partial charge in [0.25, 0.3) is 5.91 Å². The van der Waals surface area contributed by atoms with Gasteiger partial charge in [0.1, 0.15) is 5.69 Å². The molecule has 3 aromatic rings. The zero-order chi connectivity index (χ0) is 16.1. The molecule has 0 aliphatic rings. The highest BCUT2D eigenvalue weighted by Crippen LogP contribution is 2.11. The molecule has 116 valence electrons. The highest BCUT2D eigenvalue weighted by Gasteiger charge is 2.11. The Balaban J connectivity index is 1.63. The molecule has 0 saturated heterocycles. The van der Waals surface area contributed by atoms with Crippen LogP contribution < -0.4 is 5.32 Å². The third kappa shape index (κ3) is 3.66. The molecule has 1 aromatic carbocycles. The van der Waals surface area contributed by atoms with Crippen LogP contribution in [-0.4, -0.2) is 22.0 Å². The van der Waals surface area contributed by atoms with Gasteiger partial charge in [0.15, 0.2) is 0 Å². The number of aryl methyl sites for hydroxylation is 1. The Morgan fingerprint density at radius 3 is 2.70 bits per heavy atom. The Bertz CT molecular complexity index is 776. The number of amides is 1. The number of rotatable bonds is 5. The van der Waals surface area contributed by atoms with Crippen LogP contribution in [0.1, 0.15) is 21.6 Å². The Kier molecular flexibility index (Phi) is 4.52. The fraction of sp³-hybridized carbons (Fsp3) is 0.158. The van der Waals surface area contributed by atoms with Crippen molar-refractivity contribution in [2.45, 2.75) is 13.3 Å². The van der Waals surface area contributed by atoms with E-state index in [1.54, 1.807) is 12.4 Å². The summed E-state index contributed by atoms with van der Waals surface area (Å²) in [7, 11) is 0. The molecule has 0 aliphatic carbocycles. The maximum Gasteiger partial charge on any atom is 0.268 e. The Morgan fingerprint density at radius 1 is 1.13 bits per heavy atom. The van der Waals surface area contributed by atoms with Gasteiger partial charge in [-0.25, -0.2) is 0 Å². The normalized spacial score (nSPS) is 10.5. The first-order valence-corrected chi connectivity index (χ1v) is 7.65. The van der Waals surface area contributed by atoms with Gasteiger partial charge in [-0.05, 0) is 43.2 Å². The lowest BCUT2D eigenvalue weighted by Crippen LogP contribution is -2.27. The van der Waals surface area contributed by atoms with E-state index in [-0.39, 0.29) is 5.91 Å². The van der Waals surface area contributed by atoms with Crippen molar-refractivity contribution in [3.63, 3.8) is 0 Å². The van der Waals surface area contributed by atoms with E-state index >= 15 is 0 Å². The molecular formula is C19H19N3O. The predicted octanol–water partition coefficient (Wildman–Crippen LogP) is 3.15. The number of carbonyl (C=O) groups is 1. The van der Waals surface area contributed by atoms with Gasteiger partial charge in [-0.1, -0.05) is 29.8 Å². The van der Waals surface area contributed by atoms with Gasteiger partial charge < -0.3 is 9.88 Å². The van der Waals surface area contributed by atoms with Gasteiger partial charge in [-0.3, -0.25) is 9.78 Å². The molecule has 0 atom stereocenters. The molecule has 0 fully saturated rings. The summed E-state index contributed by atoms with van der Waals surface area (Å²) in [6, 6.07) is 15.8. The molecular weight excluding hydrogens is 286 g/mol. The summed E-state index contributed by atoms with van der Waals surface area (Å²) >= 11 is 0. The second-order valence-electron chi connectivity index (χ2n) is 5.47. The summed E-state index contributed by atoms with van der Waals surface area (Å²) in [4.78, 5) is 16.5. The maximum atomic E-state index is 12.4. The molecule has 4 heteroatoms. The van der Waals surface area contributed by atoms with E-state index in [0.29, 0.717) is 12.2 Å². The maximum absolute atomic E-state index is 12.4. The molecule has 0 radical (unpaired) electrons.